The number of nitrogens with zero attached hydrogens (tertiary/aromatic N) is 3. The summed E-state index contributed by atoms with van der Waals surface area (Å²) in [6, 6.07) is 9.91. The zero-order valence-corrected chi connectivity index (χ0v) is 10.4. The number of benzene rings is 1. The zero-order chi connectivity index (χ0) is 12.4. The molecule has 1 aliphatic heterocycles. The van der Waals surface area contributed by atoms with E-state index in [0.29, 0.717) is 18.1 Å². The number of anilines is 1. The molecular weight excluding hydrogens is 246 g/mol. The van der Waals surface area contributed by atoms with E-state index in [4.69, 9.17) is 0 Å². The molecule has 2 aromatic rings. The van der Waals surface area contributed by atoms with Gasteiger partial charge >= 0.3 is 0 Å². The lowest BCUT2D eigenvalue weighted by molar-refractivity contribution is -0.116. The number of fused-ring (bicyclic) bond motifs is 1. The molecule has 18 heavy (non-hydrogen) atoms. The maximum absolute atomic E-state index is 12.0. The number of rotatable bonds is 2. The first-order valence-corrected chi connectivity index (χ1v) is 6.61. The minimum absolute atomic E-state index is 0.0804. The minimum Gasteiger partial charge on any atom is -0.289 e. The summed E-state index contributed by atoms with van der Waals surface area (Å²) in [7, 11) is 0. The van der Waals surface area contributed by atoms with Gasteiger partial charge in [-0.15, -0.1) is 0 Å². The topological polar surface area (TPSA) is 46.1 Å². The second-order valence-electron chi connectivity index (χ2n) is 3.94. The van der Waals surface area contributed by atoms with Gasteiger partial charge in [0.1, 0.15) is 5.03 Å². The summed E-state index contributed by atoms with van der Waals surface area (Å²) < 4.78 is 0. The van der Waals surface area contributed by atoms with Crippen LogP contribution in [0.15, 0.2) is 47.8 Å². The molecule has 1 aromatic heterocycles. The maximum Gasteiger partial charge on any atom is 0.238 e. The van der Waals surface area contributed by atoms with Crippen molar-refractivity contribution in [3.05, 3.63) is 48.3 Å². The van der Waals surface area contributed by atoms with Crippen LogP contribution in [-0.2, 0) is 11.3 Å². The van der Waals surface area contributed by atoms with Crippen molar-refractivity contribution in [1.29, 1.82) is 0 Å². The Balaban J connectivity index is 1.94. The molecule has 0 fully saturated rings. The van der Waals surface area contributed by atoms with Crippen molar-refractivity contribution in [1.82, 2.24) is 9.97 Å². The molecule has 0 N–H and O–H groups in total. The normalized spacial score (nSPS) is 14.4. The Labute approximate surface area is 109 Å². The van der Waals surface area contributed by atoms with Crippen LogP contribution in [-0.4, -0.2) is 21.6 Å². The van der Waals surface area contributed by atoms with Crippen molar-refractivity contribution in [2.45, 2.75) is 11.6 Å². The van der Waals surface area contributed by atoms with E-state index in [1.54, 1.807) is 17.3 Å². The third kappa shape index (κ3) is 2.09. The molecule has 0 radical (unpaired) electrons. The van der Waals surface area contributed by atoms with Crippen molar-refractivity contribution in [3.8, 4) is 0 Å². The standard InChI is InChI=1S/C13H11N3OS/c17-11-9-18-13-12(14-6-7-15-13)16(11)8-10-4-2-1-3-5-10/h1-7H,8-9H2. The highest BCUT2D eigenvalue weighted by Gasteiger charge is 2.26. The van der Waals surface area contributed by atoms with Crippen LogP contribution in [0.4, 0.5) is 5.82 Å². The first-order valence-electron chi connectivity index (χ1n) is 5.63. The van der Waals surface area contributed by atoms with Crippen LogP contribution < -0.4 is 4.90 Å². The van der Waals surface area contributed by atoms with Gasteiger partial charge in [-0.1, -0.05) is 42.1 Å². The van der Waals surface area contributed by atoms with Crippen LogP contribution in [0.3, 0.4) is 0 Å². The fourth-order valence-electron chi connectivity index (χ4n) is 1.86. The Kier molecular flexibility index (Phi) is 2.98. The van der Waals surface area contributed by atoms with Gasteiger partial charge < -0.3 is 0 Å². The first kappa shape index (κ1) is 11.2. The number of aromatic nitrogens is 2. The van der Waals surface area contributed by atoms with Crippen LogP contribution in [0, 0.1) is 0 Å². The molecule has 0 saturated carbocycles. The van der Waals surface area contributed by atoms with Gasteiger partial charge in [-0.2, -0.15) is 0 Å². The SMILES string of the molecule is O=C1CSc2nccnc2N1Cc1ccccc1. The molecule has 0 aliphatic carbocycles. The highest BCUT2D eigenvalue weighted by atomic mass is 32.2. The fourth-order valence-corrected chi connectivity index (χ4v) is 2.70. The van der Waals surface area contributed by atoms with Gasteiger partial charge in [0.2, 0.25) is 5.91 Å². The molecule has 0 bridgehead atoms. The molecule has 1 aliphatic rings. The number of carbonyl (C=O) groups is 1. The predicted molar refractivity (Wildman–Crippen MR) is 70.4 cm³/mol. The number of hydrogen-bond donors (Lipinski definition) is 0. The van der Waals surface area contributed by atoms with E-state index in [-0.39, 0.29) is 5.91 Å². The summed E-state index contributed by atoms with van der Waals surface area (Å²) in [6.07, 6.45) is 3.28. The lowest BCUT2D eigenvalue weighted by Crippen LogP contribution is -2.35. The van der Waals surface area contributed by atoms with Crippen molar-refractivity contribution in [2.24, 2.45) is 0 Å². The van der Waals surface area contributed by atoms with E-state index < -0.39 is 0 Å². The number of amides is 1. The Morgan fingerprint density at radius 2 is 1.94 bits per heavy atom. The van der Waals surface area contributed by atoms with Gasteiger partial charge in [0.05, 0.1) is 12.3 Å². The molecule has 0 saturated heterocycles. The van der Waals surface area contributed by atoms with E-state index in [1.807, 2.05) is 30.3 Å². The average molecular weight is 257 g/mol. The van der Waals surface area contributed by atoms with Crippen LogP contribution in [0.2, 0.25) is 0 Å². The van der Waals surface area contributed by atoms with Crippen LogP contribution in [0.25, 0.3) is 0 Å². The smallest absolute Gasteiger partial charge is 0.238 e. The van der Waals surface area contributed by atoms with E-state index >= 15 is 0 Å². The Hall–Kier alpha value is -1.88. The summed E-state index contributed by atoms with van der Waals surface area (Å²) in [4.78, 5) is 22.2. The van der Waals surface area contributed by atoms with Gasteiger partial charge in [-0.3, -0.25) is 9.69 Å². The summed E-state index contributed by atoms with van der Waals surface area (Å²) in [6.45, 7) is 0.548. The summed E-state index contributed by atoms with van der Waals surface area (Å²) >= 11 is 1.45. The molecule has 2 heterocycles. The number of carbonyl (C=O) groups excluding carboxylic acids is 1. The van der Waals surface area contributed by atoms with Crippen LogP contribution >= 0.6 is 11.8 Å². The molecule has 0 unspecified atom stereocenters. The van der Waals surface area contributed by atoms with Gasteiger partial charge in [-0.25, -0.2) is 9.97 Å². The Morgan fingerprint density at radius 1 is 1.17 bits per heavy atom. The highest BCUT2D eigenvalue weighted by Crippen LogP contribution is 2.31. The van der Waals surface area contributed by atoms with Crippen molar-refractivity contribution in [3.63, 3.8) is 0 Å². The lowest BCUT2D eigenvalue weighted by Gasteiger charge is -2.26. The molecule has 1 aromatic carbocycles. The quantitative estimate of drug-likeness (QED) is 0.826. The second-order valence-corrected chi connectivity index (χ2v) is 4.90. The van der Waals surface area contributed by atoms with Crippen molar-refractivity contribution in [2.75, 3.05) is 10.7 Å². The van der Waals surface area contributed by atoms with E-state index in [1.165, 1.54) is 11.8 Å². The molecule has 4 nitrogen and oxygen atoms in total. The average Bonchev–Trinajstić information content (AvgIpc) is 2.43. The van der Waals surface area contributed by atoms with E-state index in [9.17, 15) is 4.79 Å². The molecule has 90 valence electrons. The fraction of sp³-hybridized carbons (Fsp3) is 0.154. The molecule has 3 rings (SSSR count). The van der Waals surface area contributed by atoms with Crippen molar-refractivity contribution >= 4 is 23.5 Å². The number of thioether (sulfide) groups is 1. The molecule has 0 spiro atoms. The first-order chi connectivity index (χ1) is 8.84. The van der Waals surface area contributed by atoms with Gasteiger partial charge in [0.25, 0.3) is 0 Å². The van der Waals surface area contributed by atoms with Gasteiger partial charge in [0, 0.05) is 12.4 Å². The molecule has 0 atom stereocenters. The lowest BCUT2D eigenvalue weighted by atomic mass is 10.2. The summed E-state index contributed by atoms with van der Waals surface area (Å²) in [5.74, 6) is 1.18. The Morgan fingerprint density at radius 3 is 2.78 bits per heavy atom. The highest BCUT2D eigenvalue weighted by molar-refractivity contribution is 8.00. The van der Waals surface area contributed by atoms with Gasteiger partial charge in [-0.05, 0) is 5.56 Å². The van der Waals surface area contributed by atoms with Crippen LogP contribution in [0.5, 0.6) is 0 Å². The van der Waals surface area contributed by atoms with E-state index in [2.05, 4.69) is 9.97 Å². The third-order valence-corrected chi connectivity index (χ3v) is 3.67. The van der Waals surface area contributed by atoms with Crippen molar-refractivity contribution < 1.29 is 4.79 Å². The molecule has 5 heteroatoms. The number of hydrogen-bond acceptors (Lipinski definition) is 4. The minimum atomic E-state index is 0.0804. The van der Waals surface area contributed by atoms with Crippen LogP contribution in [0.1, 0.15) is 5.56 Å². The monoisotopic (exact) mass is 257 g/mol. The molecule has 1 amide bonds. The Bertz CT molecular complexity index is 573. The largest absolute Gasteiger partial charge is 0.289 e. The predicted octanol–water partition coefficient (Wildman–Crippen LogP) is 2.12. The van der Waals surface area contributed by atoms with E-state index in [0.717, 1.165) is 10.6 Å². The molecular formula is C13H11N3OS. The summed E-state index contributed by atoms with van der Waals surface area (Å²) in [5.41, 5.74) is 1.09. The summed E-state index contributed by atoms with van der Waals surface area (Å²) in [5, 5.41) is 0.827. The maximum atomic E-state index is 12.0. The second kappa shape index (κ2) is 4.78. The zero-order valence-electron chi connectivity index (χ0n) is 9.61. The van der Waals surface area contributed by atoms with Gasteiger partial charge in [0.15, 0.2) is 5.82 Å². The third-order valence-electron chi connectivity index (χ3n) is 2.72.